The Balaban J connectivity index is 2.03. The third-order valence-electron chi connectivity index (χ3n) is 3.75. The standard InChI is InChI=1S/C16H25N3O/c1-10(2)5-6-11(3)17-12(4)13-7-8-14-15(9-13)19-16(20)18-14/h7-12,17H,5-6H2,1-4H3,(H2,18,19,20). The SMILES string of the molecule is CC(C)CCC(C)NC(C)c1ccc2[nH]c(=O)[nH]c2c1. The van der Waals surface area contributed by atoms with E-state index in [0.717, 1.165) is 17.0 Å². The zero-order valence-corrected chi connectivity index (χ0v) is 12.8. The third kappa shape index (κ3) is 3.73. The van der Waals surface area contributed by atoms with E-state index in [1.54, 1.807) is 0 Å². The van der Waals surface area contributed by atoms with Gasteiger partial charge in [0.05, 0.1) is 11.0 Å². The number of rotatable bonds is 6. The number of nitrogens with one attached hydrogen (secondary N) is 3. The molecule has 2 unspecified atom stereocenters. The molecule has 2 rings (SSSR count). The molecule has 3 N–H and O–H groups in total. The van der Waals surface area contributed by atoms with Crippen LogP contribution in [0, 0.1) is 5.92 Å². The van der Waals surface area contributed by atoms with Gasteiger partial charge in [0.1, 0.15) is 0 Å². The van der Waals surface area contributed by atoms with Crippen molar-refractivity contribution in [3.63, 3.8) is 0 Å². The molecule has 110 valence electrons. The summed E-state index contributed by atoms with van der Waals surface area (Å²) in [5.74, 6) is 0.746. The van der Waals surface area contributed by atoms with Gasteiger partial charge in [-0.15, -0.1) is 0 Å². The Bertz CT molecular complexity index is 611. The second-order valence-electron chi connectivity index (χ2n) is 6.14. The Morgan fingerprint density at radius 2 is 1.75 bits per heavy atom. The number of aromatic nitrogens is 2. The fourth-order valence-corrected chi connectivity index (χ4v) is 2.51. The number of imidazole rings is 1. The Morgan fingerprint density at radius 1 is 1.05 bits per heavy atom. The highest BCUT2D eigenvalue weighted by Gasteiger charge is 2.11. The molecule has 1 heterocycles. The van der Waals surface area contributed by atoms with Gasteiger partial charge >= 0.3 is 5.69 Å². The minimum absolute atomic E-state index is 0.150. The van der Waals surface area contributed by atoms with Gasteiger partial charge in [0.2, 0.25) is 0 Å². The molecule has 4 nitrogen and oxygen atoms in total. The molecule has 0 aliphatic rings. The summed E-state index contributed by atoms with van der Waals surface area (Å²) in [6.07, 6.45) is 2.43. The van der Waals surface area contributed by atoms with Crippen LogP contribution in [0.1, 0.15) is 52.1 Å². The molecule has 0 aliphatic heterocycles. The van der Waals surface area contributed by atoms with E-state index >= 15 is 0 Å². The lowest BCUT2D eigenvalue weighted by molar-refractivity contribution is 0.417. The van der Waals surface area contributed by atoms with Crippen molar-refractivity contribution in [2.75, 3.05) is 0 Å². The van der Waals surface area contributed by atoms with Gasteiger partial charge in [0.15, 0.2) is 0 Å². The number of hydrogen-bond donors (Lipinski definition) is 3. The minimum Gasteiger partial charge on any atom is -0.308 e. The van der Waals surface area contributed by atoms with E-state index in [2.05, 4.69) is 49.0 Å². The maximum atomic E-state index is 11.3. The Hall–Kier alpha value is -1.55. The minimum atomic E-state index is -0.150. The normalized spacial score (nSPS) is 14.8. The molecule has 4 heteroatoms. The smallest absolute Gasteiger partial charge is 0.308 e. The summed E-state index contributed by atoms with van der Waals surface area (Å²) in [5, 5.41) is 3.62. The van der Waals surface area contributed by atoms with Gasteiger partial charge < -0.3 is 15.3 Å². The molecule has 1 aromatic heterocycles. The van der Waals surface area contributed by atoms with E-state index in [0.29, 0.717) is 6.04 Å². The predicted octanol–water partition coefficient (Wildman–Crippen LogP) is 3.33. The lowest BCUT2D eigenvalue weighted by atomic mass is 10.0. The maximum absolute atomic E-state index is 11.3. The maximum Gasteiger partial charge on any atom is 0.323 e. The number of fused-ring (bicyclic) bond motifs is 1. The van der Waals surface area contributed by atoms with Crippen LogP contribution in [0.25, 0.3) is 11.0 Å². The topological polar surface area (TPSA) is 60.7 Å². The Labute approximate surface area is 120 Å². The van der Waals surface area contributed by atoms with Crippen LogP contribution in [-0.4, -0.2) is 16.0 Å². The zero-order chi connectivity index (χ0) is 14.7. The van der Waals surface area contributed by atoms with Gasteiger partial charge in [-0.25, -0.2) is 4.79 Å². The van der Waals surface area contributed by atoms with Crippen molar-refractivity contribution in [1.29, 1.82) is 0 Å². The van der Waals surface area contributed by atoms with Crippen LogP contribution < -0.4 is 11.0 Å². The van der Waals surface area contributed by atoms with Crippen molar-refractivity contribution < 1.29 is 0 Å². The molecule has 0 fully saturated rings. The highest BCUT2D eigenvalue weighted by atomic mass is 16.1. The van der Waals surface area contributed by atoms with E-state index in [4.69, 9.17) is 0 Å². The summed E-state index contributed by atoms with van der Waals surface area (Å²) in [7, 11) is 0. The van der Waals surface area contributed by atoms with E-state index in [1.165, 1.54) is 18.4 Å². The van der Waals surface area contributed by atoms with E-state index < -0.39 is 0 Å². The van der Waals surface area contributed by atoms with Crippen molar-refractivity contribution in [3.8, 4) is 0 Å². The van der Waals surface area contributed by atoms with Crippen molar-refractivity contribution in [2.45, 2.75) is 52.6 Å². The van der Waals surface area contributed by atoms with Gasteiger partial charge in [0.25, 0.3) is 0 Å². The lowest BCUT2D eigenvalue weighted by Gasteiger charge is -2.21. The zero-order valence-electron chi connectivity index (χ0n) is 12.8. The average molecular weight is 275 g/mol. The molecule has 0 bridgehead atoms. The Morgan fingerprint density at radius 3 is 2.45 bits per heavy atom. The Kier molecular flexibility index (Phi) is 4.65. The van der Waals surface area contributed by atoms with E-state index in [1.807, 2.05) is 12.1 Å². The largest absolute Gasteiger partial charge is 0.323 e. The van der Waals surface area contributed by atoms with E-state index in [9.17, 15) is 4.79 Å². The summed E-state index contributed by atoms with van der Waals surface area (Å²) in [5.41, 5.74) is 2.78. The molecule has 0 saturated heterocycles. The van der Waals surface area contributed by atoms with Gasteiger partial charge in [0, 0.05) is 12.1 Å². The van der Waals surface area contributed by atoms with Crippen LogP contribution in [0.15, 0.2) is 23.0 Å². The lowest BCUT2D eigenvalue weighted by Crippen LogP contribution is -2.29. The molecular formula is C16H25N3O. The first kappa shape index (κ1) is 14.9. The summed E-state index contributed by atoms with van der Waals surface area (Å²) in [6.45, 7) is 8.91. The number of hydrogen-bond acceptors (Lipinski definition) is 2. The molecule has 0 radical (unpaired) electrons. The van der Waals surface area contributed by atoms with Crippen LogP contribution in [0.2, 0.25) is 0 Å². The monoisotopic (exact) mass is 275 g/mol. The first-order valence-corrected chi connectivity index (χ1v) is 7.43. The van der Waals surface area contributed by atoms with Crippen LogP contribution in [0.3, 0.4) is 0 Å². The summed E-state index contributed by atoms with van der Waals surface area (Å²) >= 11 is 0. The highest BCUT2D eigenvalue weighted by molar-refractivity contribution is 5.75. The number of aromatic amines is 2. The average Bonchev–Trinajstić information content (AvgIpc) is 2.75. The van der Waals surface area contributed by atoms with Crippen molar-refractivity contribution in [3.05, 3.63) is 34.2 Å². The molecular weight excluding hydrogens is 250 g/mol. The molecule has 0 saturated carbocycles. The molecule has 1 aromatic carbocycles. The van der Waals surface area contributed by atoms with Gasteiger partial charge in [-0.2, -0.15) is 0 Å². The van der Waals surface area contributed by atoms with Crippen LogP contribution in [-0.2, 0) is 0 Å². The number of H-pyrrole nitrogens is 2. The molecule has 2 aromatic rings. The van der Waals surface area contributed by atoms with Crippen LogP contribution >= 0.6 is 0 Å². The second-order valence-corrected chi connectivity index (χ2v) is 6.14. The highest BCUT2D eigenvalue weighted by Crippen LogP contribution is 2.18. The molecule has 0 amide bonds. The molecule has 2 atom stereocenters. The van der Waals surface area contributed by atoms with Gasteiger partial charge in [-0.05, 0) is 50.3 Å². The van der Waals surface area contributed by atoms with E-state index in [-0.39, 0.29) is 11.7 Å². The molecule has 0 spiro atoms. The van der Waals surface area contributed by atoms with Crippen molar-refractivity contribution in [1.82, 2.24) is 15.3 Å². The second kappa shape index (κ2) is 6.27. The summed E-state index contributed by atoms with van der Waals surface area (Å²) in [4.78, 5) is 16.8. The fourth-order valence-electron chi connectivity index (χ4n) is 2.51. The quantitative estimate of drug-likeness (QED) is 0.757. The fraction of sp³-hybridized carbons (Fsp3) is 0.562. The molecule has 20 heavy (non-hydrogen) atoms. The summed E-state index contributed by atoms with van der Waals surface area (Å²) < 4.78 is 0. The van der Waals surface area contributed by atoms with Crippen LogP contribution in [0.5, 0.6) is 0 Å². The van der Waals surface area contributed by atoms with Gasteiger partial charge in [-0.3, -0.25) is 0 Å². The van der Waals surface area contributed by atoms with Crippen molar-refractivity contribution in [2.24, 2.45) is 5.92 Å². The third-order valence-corrected chi connectivity index (χ3v) is 3.75. The predicted molar refractivity (Wildman–Crippen MR) is 84.0 cm³/mol. The summed E-state index contributed by atoms with van der Waals surface area (Å²) in [6, 6.07) is 6.84. The van der Waals surface area contributed by atoms with Crippen molar-refractivity contribution >= 4 is 11.0 Å². The van der Waals surface area contributed by atoms with Crippen LogP contribution in [0.4, 0.5) is 0 Å². The first-order valence-electron chi connectivity index (χ1n) is 7.43. The molecule has 0 aliphatic carbocycles. The first-order chi connectivity index (χ1) is 9.45. The number of benzene rings is 1. The van der Waals surface area contributed by atoms with Gasteiger partial charge in [-0.1, -0.05) is 19.9 Å².